The molecule has 11 heteroatoms. The van der Waals surface area contributed by atoms with Gasteiger partial charge < -0.3 is 25.5 Å². The molecule has 1 saturated heterocycles. The standard InChI is InChI=1S/C27H29F2N6OS.C2H6.K/c1-26(2)12-27(13-26)14-35(15-27)22-9-17(18-8-19(24(28)29)30-11-21(18)36-3)20(10-31-22)32-25-34-33-23(37-25)7-6-16-4-5-16;1-2;/h8-11,16,23-24,33H,4-5,12-15H2,1-3H3;1-2H3;/q-1;;+1. The van der Waals surface area contributed by atoms with Gasteiger partial charge in [-0.05, 0) is 59.6 Å². The molecule has 0 bridgehead atoms. The number of hydrazone groups is 1. The molecule has 208 valence electrons. The third-order valence-electron chi connectivity index (χ3n) is 7.29. The summed E-state index contributed by atoms with van der Waals surface area (Å²) in [5.74, 6) is 8.14. The fourth-order valence-corrected chi connectivity index (χ4v) is 6.60. The van der Waals surface area contributed by atoms with Crippen LogP contribution in [0.1, 0.15) is 65.5 Å². The Morgan fingerprint density at radius 1 is 1.10 bits per heavy atom. The van der Waals surface area contributed by atoms with Gasteiger partial charge in [-0.25, -0.2) is 13.8 Å². The van der Waals surface area contributed by atoms with E-state index in [-0.39, 0.29) is 62.5 Å². The van der Waals surface area contributed by atoms with E-state index >= 15 is 0 Å². The van der Waals surface area contributed by atoms with Crippen LogP contribution in [0.2, 0.25) is 0 Å². The second kappa shape index (κ2) is 12.8. The summed E-state index contributed by atoms with van der Waals surface area (Å²) in [6.07, 6.45) is 5.07. The van der Waals surface area contributed by atoms with Crippen LogP contribution >= 0.6 is 11.8 Å². The molecule has 2 aliphatic heterocycles. The molecule has 0 radical (unpaired) electrons. The summed E-state index contributed by atoms with van der Waals surface area (Å²) < 4.78 is 32.7. The smallest absolute Gasteiger partial charge is 0.494 e. The number of anilines is 1. The first-order chi connectivity index (χ1) is 18.7. The van der Waals surface area contributed by atoms with Gasteiger partial charge in [0.2, 0.25) is 0 Å². The van der Waals surface area contributed by atoms with E-state index in [0.29, 0.717) is 44.5 Å². The van der Waals surface area contributed by atoms with E-state index in [1.165, 1.54) is 44.0 Å². The van der Waals surface area contributed by atoms with E-state index in [9.17, 15) is 8.78 Å². The molecule has 2 aliphatic carbocycles. The van der Waals surface area contributed by atoms with E-state index < -0.39 is 6.43 Å². The monoisotopic (exact) mass is 592 g/mol. The van der Waals surface area contributed by atoms with Crippen LogP contribution < -0.4 is 66.4 Å². The van der Waals surface area contributed by atoms with Gasteiger partial charge in [-0.15, -0.1) is 0 Å². The summed E-state index contributed by atoms with van der Waals surface area (Å²) in [6, 6.07) is 3.29. The van der Waals surface area contributed by atoms with Crippen molar-refractivity contribution in [3.63, 3.8) is 0 Å². The molecule has 2 saturated carbocycles. The number of ether oxygens (including phenoxy) is 1. The van der Waals surface area contributed by atoms with Gasteiger partial charge in [0.25, 0.3) is 6.43 Å². The Bertz CT molecular complexity index is 1310. The molecule has 6 rings (SSSR count). The second-order valence-electron chi connectivity index (χ2n) is 11.2. The Kier molecular flexibility index (Phi) is 10.1. The van der Waals surface area contributed by atoms with Crippen molar-refractivity contribution in [3.8, 4) is 28.7 Å². The van der Waals surface area contributed by atoms with E-state index in [4.69, 9.17) is 15.0 Å². The van der Waals surface area contributed by atoms with Crippen molar-refractivity contribution in [3.05, 3.63) is 35.5 Å². The van der Waals surface area contributed by atoms with Gasteiger partial charge in [0.1, 0.15) is 22.6 Å². The van der Waals surface area contributed by atoms with Gasteiger partial charge in [0, 0.05) is 36.2 Å². The number of hydrogen-bond donors (Lipinski definition) is 1. The summed E-state index contributed by atoms with van der Waals surface area (Å²) in [4.78, 5) is 10.8. The molecule has 1 N–H and O–H groups in total. The molecule has 7 nitrogen and oxygen atoms in total. The van der Waals surface area contributed by atoms with Gasteiger partial charge >= 0.3 is 51.4 Å². The predicted octanol–water partition coefficient (Wildman–Crippen LogP) is 4.10. The quantitative estimate of drug-likeness (QED) is 0.416. The van der Waals surface area contributed by atoms with Crippen molar-refractivity contribution in [2.24, 2.45) is 21.8 Å². The Morgan fingerprint density at radius 3 is 2.45 bits per heavy atom. The molecule has 2 aromatic rings. The molecule has 0 aromatic carbocycles. The van der Waals surface area contributed by atoms with Crippen molar-refractivity contribution >= 4 is 28.4 Å². The molecule has 1 unspecified atom stereocenters. The van der Waals surface area contributed by atoms with Crippen molar-refractivity contribution in [1.82, 2.24) is 15.4 Å². The fourth-order valence-electron chi connectivity index (χ4n) is 5.90. The predicted molar refractivity (Wildman–Crippen MR) is 153 cm³/mol. The third kappa shape index (κ3) is 6.96. The van der Waals surface area contributed by atoms with Gasteiger partial charge in [-0.1, -0.05) is 51.3 Å². The Hall–Kier alpha value is -1.42. The number of pyridine rings is 2. The molecule has 0 amide bonds. The zero-order valence-electron chi connectivity index (χ0n) is 24.1. The number of nitrogens with zero attached hydrogens (tertiary/aromatic N) is 5. The first-order valence-electron chi connectivity index (χ1n) is 13.5. The van der Waals surface area contributed by atoms with Crippen LogP contribution in [0.4, 0.5) is 20.3 Å². The number of hydrogen-bond acceptors (Lipinski definition) is 7. The van der Waals surface area contributed by atoms with Crippen LogP contribution in [0.15, 0.2) is 29.6 Å². The van der Waals surface area contributed by atoms with Crippen LogP contribution in [0.3, 0.4) is 0 Å². The summed E-state index contributed by atoms with van der Waals surface area (Å²) in [5.41, 5.74) is 5.14. The van der Waals surface area contributed by atoms with E-state index in [1.807, 2.05) is 19.9 Å². The third-order valence-corrected chi connectivity index (χ3v) is 8.14. The Morgan fingerprint density at radius 2 is 1.82 bits per heavy atom. The van der Waals surface area contributed by atoms with Crippen LogP contribution in [-0.2, 0) is 0 Å². The van der Waals surface area contributed by atoms with Gasteiger partial charge in [-0.3, -0.25) is 4.98 Å². The van der Waals surface area contributed by atoms with Gasteiger partial charge in [-0.2, -0.15) is 0 Å². The van der Waals surface area contributed by atoms with Crippen molar-refractivity contribution < 1.29 is 64.9 Å². The molecule has 4 heterocycles. The number of rotatable bonds is 5. The molecule has 4 aliphatic rings. The van der Waals surface area contributed by atoms with Gasteiger partial charge in [0.15, 0.2) is 0 Å². The summed E-state index contributed by atoms with van der Waals surface area (Å²) >= 11 is 1.43. The number of nitrogens with one attached hydrogen (secondary N) is 1. The molecular formula is C29H35F2KN6OS. The molecule has 3 fully saturated rings. The molecular weight excluding hydrogens is 558 g/mol. The Labute approximate surface area is 282 Å². The second-order valence-corrected chi connectivity index (χ2v) is 12.3. The minimum atomic E-state index is -2.70. The SMILES string of the molecule is CC.COc1cnc(C(F)F)cc1-c1cc(N2CC3(C2)CC(C)(C)C3)ncc1[N-]C1=NNC(C#CC2CC2)S1.[K+]. The largest absolute Gasteiger partial charge is 1.00 e. The average molecular weight is 593 g/mol. The first kappa shape index (κ1) is 31.5. The minimum absolute atomic E-state index is 0. The number of thioether (sulfide) groups is 1. The van der Waals surface area contributed by atoms with E-state index in [0.717, 1.165) is 31.7 Å². The number of halogens is 2. The zero-order valence-corrected chi connectivity index (χ0v) is 28.0. The molecule has 1 atom stereocenters. The van der Waals surface area contributed by atoms with Gasteiger partial charge in [0.05, 0.1) is 13.3 Å². The maximum Gasteiger partial charge on any atom is 1.00 e. The zero-order chi connectivity index (χ0) is 27.8. The van der Waals surface area contributed by atoms with Crippen molar-refractivity contribution in [2.75, 3.05) is 25.1 Å². The van der Waals surface area contributed by atoms with Crippen LogP contribution in [-0.4, -0.2) is 40.7 Å². The van der Waals surface area contributed by atoms with Crippen LogP contribution in [0, 0.1) is 28.6 Å². The minimum Gasteiger partial charge on any atom is -0.494 e. The summed E-state index contributed by atoms with van der Waals surface area (Å²) in [5, 5.41) is 9.43. The topological polar surface area (TPSA) is 76.7 Å². The average Bonchev–Trinajstić information content (AvgIpc) is 3.62. The maximum absolute atomic E-state index is 13.6. The van der Waals surface area contributed by atoms with E-state index in [2.05, 4.69) is 46.1 Å². The van der Waals surface area contributed by atoms with E-state index in [1.54, 1.807) is 6.20 Å². The molecule has 2 aromatic heterocycles. The van der Waals surface area contributed by atoms with Crippen molar-refractivity contribution in [1.29, 1.82) is 0 Å². The maximum atomic E-state index is 13.6. The van der Waals surface area contributed by atoms with Crippen LogP contribution in [0.25, 0.3) is 16.4 Å². The normalized spacial score (nSPS) is 21.4. The van der Waals surface area contributed by atoms with Crippen LogP contribution in [0.5, 0.6) is 5.75 Å². The number of aromatic nitrogens is 2. The molecule has 40 heavy (non-hydrogen) atoms. The first-order valence-corrected chi connectivity index (χ1v) is 14.4. The number of alkyl halides is 2. The van der Waals surface area contributed by atoms with Crippen molar-refractivity contribution in [2.45, 2.75) is 65.2 Å². The number of methoxy groups -OCH3 is 1. The summed E-state index contributed by atoms with van der Waals surface area (Å²) in [6.45, 7) is 10.5. The Balaban J connectivity index is 0.00000121. The fraction of sp³-hybridized carbons (Fsp3) is 0.552. The number of amidine groups is 1. The molecule has 1 spiro atoms. The summed E-state index contributed by atoms with van der Waals surface area (Å²) in [7, 11) is 1.50.